The molecule has 0 aliphatic rings. The maximum atomic E-state index is 11.4. The number of sulfonamides is 1. The summed E-state index contributed by atoms with van der Waals surface area (Å²) in [5.41, 5.74) is 1.91. The van der Waals surface area contributed by atoms with Gasteiger partial charge < -0.3 is 0 Å². The van der Waals surface area contributed by atoms with Gasteiger partial charge in [0.15, 0.2) is 0 Å². The van der Waals surface area contributed by atoms with Crippen LogP contribution in [-0.2, 0) is 10.0 Å². The Morgan fingerprint density at radius 3 is 2.56 bits per heavy atom. The smallest absolute Gasteiger partial charge is 0.232 e. The number of nitrogens with zero attached hydrogens (tertiary/aromatic N) is 2. The van der Waals surface area contributed by atoms with Gasteiger partial charge >= 0.3 is 0 Å². The van der Waals surface area contributed by atoms with E-state index in [1.165, 1.54) is 0 Å². The maximum Gasteiger partial charge on any atom is 0.232 e. The molecule has 2 aromatic rings. The molecule has 0 spiro atoms. The van der Waals surface area contributed by atoms with Crippen LogP contribution in [-0.4, -0.2) is 24.1 Å². The lowest BCUT2D eigenvalue weighted by atomic mass is 10.3. The molecule has 1 N–H and O–H groups in total. The van der Waals surface area contributed by atoms with Crippen molar-refractivity contribution in [1.29, 1.82) is 0 Å². The van der Waals surface area contributed by atoms with Crippen molar-refractivity contribution < 1.29 is 8.42 Å². The number of benzene rings is 1. The van der Waals surface area contributed by atoms with Crippen molar-refractivity contribution in [2.24, 2.45) is 0 Å². The van der Waals surface area contributed by atoms with E-state index in [0.717, 1.165) is 5.52 Å². The molecule has 0 amide bonds. The topological polar surface area (TPSA) is 72.0 Å². The summed E-state index contributed by atoms with van der Waals surface area (Å²) in [5.74, 6) is 0.0471. The molecule has 1 heterocycles. The highest BCUT2D eigenvalue weighted by Gasteiger charge is 2.07. The minimum Gasteiger partial charge on any atom is -0.283 e. The van der Waals surface area contributed by atoms with Crippen LogP contribution >= 0.6 is 0 Å². The van der Waals surface area contributed by atoms with Crippen molar-refractivity contribution in [1.82, 2.24) is 9.97 Å². The predicted octanol–water partition coefficient (Wildman–Crippen LogP) is 1.39. The van der Waals surface area contributed by atoms with Crippen LogP contribution in [0, 0.1) is 0 Å². The average Bonchev–Trinajstić information content (AvgIpc) is 2.28. The fraction of sp³-hybridized carbons (Fsp3) is 0.200. The molecule has 0 fully saturated rings. The van der Waals surface area contributed by atoms with Gasteiger partial charge in [-0.3, -0.25) is 14.7 Å². The van der Waals surface area contributed by atoms with Crippen LogP contribution in [0.4, 0.5) is 5.69 Å². The highest BCUT2D eigenvalue weighted by atomic mass is 32.2. The molecule has 2 rings (SSSR count). The van der Waals surface area contributed by atoms with Crippen LogP contribution in [0.1, 0.15) is 6.92 Å². The highest BCUT2D eigenvalue weighted by molar-refractivity contribution is 7.92. The second kappa shape index (κ2) is 4.05. The molecule has 0 saturated carbocycles. The molecule has 0 saturated heterocycles. The third-order valence-electron chi connectivity index (χ3n) is 2.12. The van der Waals surface area contributed by atoms with E-state index in [0.29, 0.717) is 11.2 Å². The lowest BCUT2D eigenvalue weighted by Gasteiger charge is -2.06. The number of aromatic nitrogens is 2. The van der Waals surface area contributed by atoms with Crippen LogP contribution in [0.5, 0.6) is 0 Å². The summed E-state index contributed by atoms with van der Waals surface area (Å²) in [7, 11) is -3.24. The van der Waals surface area contributed by atoms with Crippen molar-refractivity contribution in [3.8, 4) is 0 Å². The molecule has 0 aliphatic carbocycles. The Balaban J connectivity index is 2.40. The Morgan fingerprint density at radius 1 is 1.19 bits per heavy atom. The molecule has 1 aromatic carbocycles. The summed E-state index contributed by atoms with van der Waals surface area (Å²) >= 11 is 0. The molecule has 6 heteroatoms. The molecule has 84 valence electrons. The molecule has 16 heavy (non-hydrogen) atoms. The van der Waals surface area contributed by atoms with Crippen LogP contribution < -0.4 is 4.72 Å². The van der Waals surface area contributed by atoms with Gasteiger partial charge in [0.1, 0.15) is 0 Å². The largest absolute Gasteiger partial charge is 0.283 e. The molecule has 0 unspecified atom stereocenters. The van der Waals surface area contributed by atoms with E-state index < -0.39 is 10.0 Å². The molecule has 0 aliphatic heterocycles. The fourth-order valence-corrected chi connectivity index (χ4v) is 1.91. The first-order chi connectivity index (χ1) is 7.61. The summed E-state index contributed by atoms with van der Waals surface area (Å²) in [4.78, 5) is 8.20. The summed E-state index contributed by atoms with van der Waals surface area (Å²) in [6.07, 6.45) is 3.17. The van der Waals surface area contributed by atoms with Crippen molar-refractivity contribution in [2.75, 3.05) is 10.5 Å². The van der Waals surface area contributed by atoms with E-state index in [2.05, 4.69) is 14.7 Å². The van der Waals surface area contributed by atoms with Crippen LogP contribution in [0.3, 0.4) is 0 Å². The van der Waals surface area contributed by atoms with Gasteiger partial charge in [0.2, 0.25) is 10.0 Å². The van der Waals surface area contributed by atoms with E-state index >= 15 is 0 Å². The van der Waals surface area contributed by atoms with Gasteiger partial charge in [0.25, 0.3) is 0 Å². The van der Waals surface area contributed by atoms with Gasteiger partial charge in [-0.1, -0.05) is 0 Å². The van der Waals surface area contributed by atoms with Crippen molar-refractivity contribution >= 4 is 26.7 Å². The molecular weight excluding hydrogens is 226 g/mol. The molecule has 0 radical (unpaired) electrons. The average molecular weight is 237 g/mol. The van der Waals surface area contributed by atoms with E-state index in [-0.39, 0.29) is 5.75 Å². The number of nitrogens with one attached hydrogen (secondary N) is 1. The van der Waals surface area contributed by atoms with E-state index in [1.807, 2.05) is 0 Å². The lowest BCUT2D eigenvalue weighted by molar-refractivity contribution is 0.602. The standard InChI is InChI=1S/C10H11N3O2S/c1-2-16(14,15)13-8-3-4-9-10(7-8)12-6-5-11-9/h3-7,13H,2H2,1H3. The zero-order chi connectivity index (χ0) is 11.6. The second-order valence-electron chi connectivity index (χ2n) is 3.27. The molecule has 5 nitrogen and oxygen atoms in total. The van der Waals surface area contributed by atoms with E-state index in [4.69, 9.17) is 0 Å². The minimum atomic E-state index is -3.24. The number of rotatable bonds is 3. The van der Waals surface area contributed by atoms with E-state index in [1.54, 1.807) is 37.5 Å². The SMILES string of the molecule is CCS(=O)(=O)Nc1ccc2nccnc2c1. The van der Waals surface area contributed by atoms with Crippen molar-refractivity contribution in [2.45, 2.75) is 6.92 Å². The summed E-state index contributed by atoms with van der Waals surface area (Å²) < 4.78 is 25.2. The van der Waals surface area contributed by atoms with Gasteiger partial charge in [-0.2, -0.15) is 0 Å². The number of fused-ring (bicyclic) bond motifs is 1. The predicted molar refractivity (Wildman–Crippen MR) is 62.6 cm³/mol. The third-order valence-corrected chi connectivity index (χ3v) is 3.43. The van der Waals surface area contributed by atoms with Gasteiger partial charge in [-0.15, -0.1) is 0 Å². The van der Waals surface area contributed by atoms with Gasteiger partial charge in [0, 0.05) is 12.4 Å². The van der Waals surface area contributed by atoms with Crippen LogP contribution in [0.2, 0.25) is 0 Å². The first kappa shape index (κ1) is 10.8. The Labute approximate surface area is 93.6 Å². The lowest BCUT2D eigenvalue weighted by Crippen LogP contribution is -2.14. The Kier molecular flexibility index (Phi) is 2.74. The number of hydrogen-bond donors (Lipinski definition) is 1. The zero-order valence-corrected chi connectivity index (χ0v) is 9.53. The van der Waals surface area contributed by atoms with Crippen LogP contribution in [0.15, 0.2) is 30.6 Å². The first-order valence-corrected chi connectivity index (χ1v) is 6.47. The summed E-state index contributed by atoms with van der Waals surface area (Å²) in [6.45, 7) is 1.59. The Morgan fingerprint density at radius 2 is 1.88 bits per heavy atom. The third kappa shape index (κ3) is 2.27. The van der Waals surface area contributed by atoms with Gasteiger partial charge in [0.05, 0.1) is 22.5 Å². The monoisotopic (exact) mass is 237 g/mol. The van der Waals surface area contributed by atoms with Crippen LogP contribution in [0.25, 0.3) is 11.0 Å². The Hall–Kier alpha value is -1.69. The second-order valence-corrected chi connectivity index (χ2v) is 5.28. The summed E-state index contributed by atoms with van der Waals surface area (Å²) in [6, 6.07) is 5.07. The molecule has 0 bridgehead atoms. The molecule has 1 aromatic heterocycles. The fourth-order valence-electron chi connectivity index (χ4n) is 1.28. The van der Waals surface area contributed by atoms with Crippen molar-refractivity contribution in [3.63, 3.8) is 0 Å². The zero-order valence-electron chi connectivity index (χ0n) is 8.71. The number of anilines is 1. The normalized spacial score (nSPS) is 11.6. The maximum absolute atomic E-state index is 11.4. The first-order valence-electron chi connectivity index (χ1n) is 4.82. The van der Waals surface area contributed by atoms with Gasteiger partial charge in [-0.25, -0.2) is 8.42 Å². The molecular formula is C10H11N3O2S. The van der Waals surface area contributed by atoms with E-state index in [9.17, 15) is 8.42 Å². The Bertz CT molecular complexity index is 610. The van der Waals surface area contributed by atoms with Crippen molar-refractivity contribution in [3.05, 3.63) is 30.6 Å². The quantitative estimate of drug-likeness (QED) is 0.875. The summed E-state index contributed by atoms with van der Waals surface area (Å²) in [5, 5.41) is 0. The highest BCUT2D eigenvalue weighted by Crippen LogP contribution is 2.16. The molecule has 0 atom stereocenters. The minimum absolute atomic E-state index is 0.0471. The number of hydrogen-bond acceptors (Lipinski definition) is 4. The van der Waals surface area contributed by atoms with Gasteiger partial charge in [-0.05, 0) is 25.1 Å².